The molecule has 148 valence electrons. The molecule has 0 saturated heterocycles. The molecule has 2 heterocycles. The van der Waals surface area contributed by atoms with E-state index in [-0.39, 0.29) is 17.6 Å². The van der Waals surface area contributed by atoms with Crippen molar-refractivity contribution >= 4 is 40.1 Å². The molecule has 0 unspecified atom stereocenters. The number of nitrogens with one attached hydrogen (secondary N) is 1. The molecule has 1 N–H and O–H groups in total. The van der Waals surface area contributed by atoms with Crippen LogP contribution in [0.2, 0.25) is 10.2 Å². The standard InChI is InChI=1S/C21H19Cl2N5O/c1-13-19(20(23)28(26-13)12-14-7-3-4-8-15(14)22)21(29)24-11-18-25-16-9-5-6-10-17(16)27(18)2/h3-10H,11-12H2,1-2H3,(H,24,29). The van der Waals surface area contributed by atoms with Gasteiger partial charge in [0, 0.05) is 12.1 Å². The summed E-state index contributed by atoms with van der Waals surface area (Å²) < 4.78 is 3.55. The van der Waals surface area contributed by atoms with Gasteiger partial charge in [-0.15, -0.1) is 0 Å². The molecule has 1 amide bonds. The number of aryl methyl sites for hydroxylation is 2. The summed E-state index contributed by atoms with van der Waals surface area (Å²) in [6, 6.07) is 15.3. The molecule has 0 atom stereocenters. The summed E-state index contributed by atoms with van der Waals surface area (Å²) >= 11 is 12.7. The third-order valence-electron chi connectivity index (χ3n) is 4.86. The maximum absolute atomic E-state index is 12.8. The fourth-order valence-electron chi connectivity index (χ4n) is 3.31. The molecule has 29 heavy (non-hydrogen) atoms. The number of nitrogens with zero attached hydrogens (tertiary/aromatic N) is 4. The first-order chi connectivity index (χ1) is 14.0. The van der Waals surface area contributed by atoms with Crippen LogP contribution in [0.25, 0.3) is 11.0 Å². The molecule has 0 fully saturated rings. The average Bonchev–Trinajstić information content (AvgIpc) is 3.18. The normalized spacial score (nSPS) is 11.2. The van der Waals surface area contributed by atoms with Gasteiger partial charge in [-0.25, -0.2) is 9.67 Å². The number of hydrogen-bond acceptors (Lipinski definition) is 3. The zero-order valence-corrected chi connectivity index (χ0v) is 17.5. The molecule has 2 aromatic heterocycles. The highest BCUT2D eigenvalue weighted by molar-refractivity contribution is 6.33. The number of fused-ring (bicyclic) bond motifs is 1. The molecule has 6 nitrogen and oxygen atoms in total. The van der Waals surface area contributed by atoms with Gasteiger partial charge in [0.2, 0.25) is 0 Å². The van der Waals surface area contributed by atoms with Crippen molar-refractivity contribution in [2.45, 2.75) is 20.0 Å². The highest BCUT2D eigenvalue weighted by Crippen LogP contribution is 2.23. The first kappa shape index (κ1) is 19.5. The van der Waals surface area contributed by atoms with Crippen molar-refractivity contribution in [1.82, 2.24) is 24.6 Å². The van der Waals surface area contributed by atoms with E-state index in [9.17, 15) is 4.79 Å². The number of carbonyl (C=O) groups is 1. The second kappa shape index (κ2) is 7.89. The van der Waals surface area contributed by atoms with Crippen molar-refractivity contribution in [3.8, 4) is 0 Å². The van der Waals surface area contributed by atoms with Crippen LogP contribution >= 0.6 is 23.2 Å². The summed E-state index contributed by atoms with van der Waals surface area (Å²) in [6.07, 6.45) is 0. The number of imidazole rings is 1. The molecule has 4 rings (SSSR count). The number of rotatable bonds is 5. The van der Waals surface area contributed by atoms with E-state index in [2.05, 4.69) is 15.4 Å². The fraction of sp³-hybridized carbons (Fsp3) is 0.190. The fourth-order valence-corrected chi connectivity index (χ4v) is 3.82. The number of benzene rings is 2. The van der Waals surface area contributed by atoms with E-state index in [0.29, 0.717) is 22.8 Å². The van der Waals surface area contributed by atoms with E-state index in [4.69, 9.17) is 23.2 Å². The highest BCUT2D eigenvalue weighted by atomic mass is 35.5. The van der Waals surface area contributed by atoms with Gasteiger partial charge in [-0.2, -0.15) is 5.10 Å². The quantitative estimate of drug-likeness (QED) is 0.514. The number of hydrogen-bond donors (Lipinski definition) is 1. The van der Waals surface area contributed by atoms with Gasteiger partial charge >= 0.3 is 0 Å². The van der Waals surface area contributed by atoms with Gasteiger partial charge in [-0.3, -0.25) is 4.79 Å². The van der Waals surface area contributed by atoms with Crippen molar-refractivity contribution in [2.75, 3.05) is 0 Å². The van der Waals surface area contributed by atoms with E-state index in [1.165, 1.54) is 0 Å². The summed E-state index contributed by atoms with van der Waals surface area (Å²) in [4.78, 5) is 17.4. The molecular formula is C21H19Cl2N5O. The molecule has 0 spiro atoms. The van der Waals surface area contributed by atoms with Crippen LogP contribution in [-0.2, 0) is 20.1 Å². The molecule has 0 radical (unpaired) electrons. The molecule has 0 bridgehead atoms. The monoisotopic (exact) mass is 427 g/mol. The van der Waals surface area contributed by atoms with Crippen LogP contribution in [0.15, 0.2) is 48.5 Å². The van der Waals surface area contributed by atoms with Gasteiger partial charge < -0.3 is 9.88 Å². The Labute approximate surface area is 178 Å². The minimum atomic E-state index is -0.287. The molecule has 4 aromatic rings. The average molecular weight is 428 g/mol. The summed E-state index contributed by atoms with van der Waals surface area (Å²) in [7, 11) is 1.93. The maximum Gasteiger partial charge on any atom is 0.256 e. The number of halogens is 2. The predicted octanol–water partition coefficient (Wildman–Crippen LogP) is 4.36. The molecule has 0 aliphatic heterocycles. The molecule has 2 aromatic carbocycles. The Morgan fingerprint density at radius 2 is 1.83 bits per heavy atom. The van der Waals surface area contributed by atoms with Crippen molar-refractivity contribution in [1.29, 1.82) is 0 Å². The van der Waals surface area contributed by atoms with Crippen LogP contribution in [0.4, 0.5) is 0 Å². The van der Waals surface area contributed by atoms with Crippen molar-refractivity contribution in [3.05, 3.63) is 81.4 Å². The van der Waals surface area contributed by atoms with E-state index < -0.39 is 0 Å². The van der Waals surface area contributed by atoms with Crippen LogP contribution in [-0.4, -0.2) is 25.2 Å². The number of carbonyl (C=O) groups excluding carboxylic acids is 1. The summed E-state index contributed by atoms with van der Waals surface area (Å²) in [5, 5.41) is 8.23. The topological polar surface area (TPSA) is 64.7 Å². The first-order valence-corrected chi connectivity index (χ1v) is 9.86. The van der Waals surface area contributed by atoms with Crippen LogP contribution in [0.3, 0.4) is 0 Å². The minimum Gasteiger partial charge on any atom is -0.345 e. The lowest BCUT2D eigenvalue weighted by atomic mass is 10.2. The van der Waals surface area contributed by atoms with Gasteiger partial charge in [0.25, 0.3) is 5.91 Å². The SMILES string of the molecule is Cc1nn(Cc2ccccc2Cl)c(Cl)c1C(=O)NCc1nc2ccccc2n1C. The lowest BCUT2D eigenvalue weighted by Gasteiger charge is -2.07. The van der Waals surface area contributed by atoms with Crippen molar-refractivity contribution < 1.29 is 4.79 Å². The molecular weight excluding hydrogens is 409 g/mol. The van der Waals surface area contributed by atoms with E-state index >= 15 is 0 Å². The van der Waals surface area contributed by atoms with Gasteiger partial charge in [0.1, 0.15) is 11.0 Å². The first-order valence-electron chi connectivity index (χ1n) is 9.10. The Balaban J connectivity index is 1.53. The van der Waals surface area contributed by atoms with Gasteiger partial charge in [0.15, 0.2) is 0 Å². The Kier molecular flexibility index (Phi) is 5.30. The molecule has 0 aliphatic rings. The zero-order valence-electron chi connectivity index (χ0n) is 16.0. The van der Waals surface area contributed by atoms with E-state index in [1.54, 1.807) is 11.6 Å². The largest absolute Gasteiger partial charge is 0.345 e. The van der Waals surface area contributed by atoms with Crippen LogP contribution in [0.1, 0.15) is 27.4 Å². The van der Waals surface area contributed by atoms with E-state index in [1.807, 2.05) is 60.1 Å². The van der Waals surface area contributed by atoms with Crippen LogP contribution in [0, 0.1) is 6.92 Å². The maximum atomic E-state index is 12.8. The summed E-state index contributed by atoms with van der Waals surface area (Å²) in [5.41, 5.74) is 3.70. The minimum absolute atomic E-state index is 0.282. The Morgan fingerprint density at radius 1 is 1.10 bits per heavy atom. The highest BCUT2D eigenvalue weighted by Gasteiger charge is 2.21. The Morgan fingerprint density at radius 3 is 2.59 bits per heavy atom. The number of para-hydroxylation sites is 2. The third kappa shape index (κ3) is 3.73. The number of aromatic nitrogens is 4. The van der Waals surface area contributed by atoms with Crippen LogP contribution < -0.4 is 5.32 Å². The Hall–Kier alpha value is -2.83. The predicted molar refractivity (Wildman–Crippen MR) is 114 cm³/mol. The second-order valence-corrected chi connectivity index (χ2v) is 7.52. The van der Waals surface area contributed by atoms with Crippen LogP contribution in [0.5, 0.6) is 0 Å². The van der Waals surface area contributed by atoms with Crippen molar-refractivity contribution in [2.24, 2.45) is 7.05 Å². The zero-order chi connectivity index (χ0) is 20.5. The molecule has 8 heteroatoms. The second-order valence-electron chi connectivity index (χ2n) is 6.76. The lowest BCUT2D eigenvalue weighted by Crippen LogP contribution is -2.25. The summed E-state index contributed by atoms with van der Waals surface area (Å²) in [6.45, 7) is 2.44. The lowest BCUT2D eigenvalue weighted by molar-refractivity contribution is 0.0949. The number of amides is 1. The van der Waals surface area contributed by atoms with Crippen molar-refractivity contribution in [3.63, 3.8) is 0 Å². The smallest absolute Gasteiger partial charge is 0.256 e. The Bertz CT molecular complexity index is 1210. The van der Waals surface area contributed by atoms with Gasteiger partial charge in [0.05, 0.1) is 35.4 Å². The van der Waals surface area contributed by atoms with Gasteiger partial charge in [-0.1, -0.05) is 53.5 Å². The molecule has 0 aliphatic carbocycles. The molecule has 0 saturated carbocycles. The summed E-state index contributed by atoms with van der Waals surface area (Å²) in [5.74, 6) is 0.474. The van der Waals surface area contributed by atoms with E-state index in [0.717, 1.165) is 22.4 Å². The third-order valence-corrected chi connectivity index (χ3v) is 5.61. The van der Waals surface area contributed by atoms with Gasteiger partial charge in [-0.05, 0) is 30.7 Å².